The number of hydrogen-bond donors (Lipinski definition) is 1. The van der Waals surface area contributed by atoms with Gasteiger partial charge in [0.1, 0.15) is 11.5 Å². The molecule has 0 saturated heterocycles. The van der Waals surface area contributed by atoms with E-state index in [-0.39, 0.29) is 18.2 Å². The van der Waals surface area contributed by atoms with Crippen LogP contribution in [0.5, 0.6) is 17.4 Å². The van der Waals surface area contributed by atoms with Crippen molar-refractivity contribution in [2.45, 2.75) is 6.54 Å². The van der Waals surface area contributed by atoms with Crippen LogP contribution in [0.15, 0.2) is 101 Å². The zero-order valence-electron chi connectivity index (χ0n) is 19.1. The SMILES string of the molecule is COc1ccccc1Cn1c(O)c(N=NC(=O)COc2ccc3ccccc3c2)c2ccccc21. The van der Waals surface area contributed by atoms with Gasteiger partial charge >= 0.3 is 5.91 Å². The lowest BCUT2D eigenvalue weighted by molar-refractivity contribution is -0.120. The number of hydrogen-bond acceptors (Lipinski definition) is 5. The molecule has 1 amide bonds. The summed E-state index contributed by atoms with van der Waals surface area (Å²) in [6.45, 7) is 0.105. The predicted octanol–water partition coefficient (Wildman–Crippen LogP) is 6.25. The second-order valence-corrected chi connectivity index (χ2v) is 7.98. The molecule has 4 aromatic carbocycles. The van der Waals surface area contributed by atoms with E-state index in [1.165, 1.54) is 0 Å². The molecule has 0 fully saturated rings. The van der Waals surface area contributed by atoms with Crippen molar-refractivity contribution in [1.82, 2.24) is 4.57 Å². The minimum Gasteiger partial charge on any atom is -0.496 e. The average molecular weight is 466 g/mol. The zero-order valence-corrected chi connectivity index (χ0v) is 19.1. The fourth-order valence-electron chi connectivity index (χ4n) is 4.07. The Bertz CT molecular complexity index is 1550. The van der Waals surface area contributed by atoms with Gasteiger partial charge in [-0.15, -0.1) is 10.2 Å². The molecule has 7 nitrogen and oxygen atoms in total. The number of ether oxygens (including phenoxy) is 2. The molecule has 7 heteroatoms. The second-order valence-electron chi connectivity index (χ2n) is 7.98. The van der Waals surface area contributed by atoms with Crippen LogP contribution >= 0.6 is 0 Å². The summed E-state index contributed by atoms with van der Waals surface area (Å²) in [7, 11) is 1.61. The number of methoxy groups -OCH3 is 1. The van der Waals surface area contributed by atoms with E-state index in [9.17, 15) is 9.90 Å². The van der Waals surface area contributed by atoms with Gasteiger partial charge in [0.25, 0.3) is 0 Å². The van der Waals surface area contributed by atoms with E-state index in [2.05, 4.69) is 10.2 Å². The van der Waals surface area contributed by atoms with Gasteiger partial charge in [-0.05, 0) is 35.0 Å². The smallest absolute Gasteiger partial charge is 0.302 e. The van der Waals surface area contributed by atoms with Crippen LogP contribution in [0.25, 0.3) is 21.7 Å². The van der Waals surface area contributed by atoms with Gasteiger partial charge in [0.15, 0.2) is 12.3 Å². The molecule has 0 aliphatic rings. The molecule has 1 aromatic heterocycles. The summed E-state index contributed by atoms with van der Waals surface area (Å²) in [5.41, 5.74) is 1.90. The van der Waals surface area contributed by atoms with E-state index in [0.29, 0.717) is 23.4 Å². The molecule has 1 heterocycles. The summed E-state index contributed by atoms with van der Waals surface area (Å²) >= 11 is 0. The van der Waals surface area contributed by atoms with E-state index < -0.39 is 5.91 Å². The minimum absolute atomic E-state index is 0.0795. The van der Waals surface area contributed by atoms with Crippen molar-refractivity contribution < 1.29 is 19.4 Å². The molecule has 0 radical (unpaired) electrons. The number of aromatic hydroxyl groups is 1. The molecule has 0 atom stereocenters. The van der Waals surface area contributed by atoms with Crippen molar-refractivity contribution in [2.24, 2.45) is 10.2 Å². The largest absolute Gasteiger partial charge is 0.496 e. The molecule has 0 aliphatic heterocycles. The molecule has 0 bridgehead atoms. The Morgan fingerprint density at radius 3 is 2.51 bits per heavy atom. The normalized spacial score (nSPS) is 11.3. The average Bonchev–Trinajstić information content (AvgIpc) is 3.16. The topological polar surface area (TPSA) is 85.4 Å². The van der Waals surface area contributed by atoms with Crippen LogP contribution in [-0.2, 0) is 11.3 Å². The Labute approximate surface area is 201 Å². The molecule has 35 heavy (non-hydrogen) atoms. The van der Waals surface area contributed by atoms with Crippen molar-refractivity contribution in [3.05, 3.63) is 96.6 Å². The lowest BCUT2D eigenvalue weighted by atomic mass is 10.1. The monoisotopic (exact) mass is 465 g/mol. The van der Waals surface area contributed by atoms with Crippen LogP contribution in [-0.4, -0.2) is 29.3 Å². The highest BCUT2D eigenvalue weighted by molar-refractivity contribution is 5.95. The minimum atomic E-state index is -0.556. The van der Waals surface area contributed by atoms with Crippen LogP contribution < -0.4 is 9.47 Å². The van der Waals surface area contributed by atoms with Crippen LogP contribution in [0.1, 0.15) is 5.56 Å². The summed E-state index contributed by atoms with van der Waals surface area (Å²) in [5.74, 6) is 0.653. The van der Waals surface area contributed by atoms with Gasteiger partial charge in [-0.1, -0.05) is 66.7 Å². The maximum absolute atomic E-state index is 12.4. The van der Waals surface area contributed by atoms with E-state index >= 15 is 0 Å². The molecule has 174 valence electrons. The Kier molecular flexibility index (Phi) is 6.13. The fourth-order valence-corrected chi connectivity index (χ4v) is 4.07. The summed E-state index contributed by atoms with van der Waals surface area (Å²) in [6.07, 6.45) is 0. The van der Waals surface area contributed by atoms with E-state index in [4.69, 9.17) is 9.47 Å². The summed E-state index contributed by atoms with van der Waals surface area (Å²) in [4.78, 5) is 12.4. The number of azo groups is 1. The Balaban J connectivity index is 1.37. The first kappa shape index (κ1) is 22.2. The first-order valence-electron chi connectivity index (χ1n) is 11.1. The Morgan fingerprint density at radius 2 is 1.66 bits per heavy atom. The summed E-state index contributed by atoms with van der Waals surface area (Å²) < 4.78 is 12.8. The van der Waals surface area contributed by atoms with Crippen molar-refractivity contribution in [3.63, 3.8) is 0 Å². The number of rotatable bonds is 7. The Morgan fingerprint density at radius 1 is 0.914 bits per heavy atom. The number of para-hydroxylation sites is 2. The number of amides is 1. The lowest BCUT2D eigenvalue weighted by Gasteiger charge is -2.11. The maximum atomic E-state index is 12.4. The standard InChI is InChI=1S/C28H23N3O4/c1-34-25-13-7-4-10-21(25)17-31-24-12-6-5-11-23(24)27(28(31)33)30-29-26(32)18-35-22-15-14-19-8-2-3-9-20(19)16-22/h2-16,33H,17-18H2,1H3. The van der Waals surface area contributed by atoms with Gasteiger partial charge < -0.3 is 19.1 Å². The Hall–Kier alpha value is -4.65. The molecule has 1 N–H and O–H groups in total. The van der Waals surface area contributed by atoms with Crippen molar-refractivity contribution in [1.29, 1.82) is 0 Å². The quantitative estimate of drug-likeness (QED) is 0.288. The van der Waals surface area contributed by atoms with Crippen LogP contribution in [0.3, 0.4) is 0 Å². The first-order chi connectivity index (χ1) is 17.1. The molecule has 0 unspecified atom stereocenters. The highest BCUT2D eigenvalue weighted by Crippen LogP contribution is 2.39. The van der Waals surface area contributed by atoms with Crippen molar-refractivity contribution >= 4 is 33.3 Å². The van der Waals surface area contributed by atoms with Gasteiger partial charge in [0.05, 0.1) is 19.2 Å². The lowest BCUT2D eigenvalue weighted by Crippen LogP contribution is -2.07. The zero-order chi connectivity index (χ0) is 24.2. The number of aromatic nitrogens is 1. The molecule has 5 aromatic rings. The fraction of sp³-hybridized carbons (Fsp3) is 0.107. The number of fused-ring (bicyclic) bond motifs is 2. The highest BCUT2D eigenvalue weighted by atomic mass is 16.5. The predicted molar refractivity (Wildman–Crippen MR) is 135 cm³/mol. The van der Waals surface area contributed by atoms with Crippen molar-refractivity contribution in [2.75, 3.05) is 13.7 Å². The van der Waals surface area contributed by atoms with Crippen LogP contribution in [0.4, 0.5) is 5.69 Å². The maximum Gasteiger partial charge on any atom is 0.302 e. The van der Waals surface area contributed by atoms with Gasteiger partial charge in [-0.3, -0.25) is 4.79 Å². The second kappa shape index (κ2) is 9.69. The highest BCUT2D eigenvalue weighted by Gasteiger charge is 2.18. The van der Waals surface area contributed by atoms with Gasteiger partial charge in [-0.2, -0.15) is 0 Å². The van der Waals surface area contributed by atoms with Crippen LogP contribution in [0, 0.1) is 0 Å². The molecular weight excluding hydrogens is 442 g/mol. The molecular formula is C28H23N3O4. The molecule has 0 saturated carbocycles. The number of benzene rings is 4. The van der Waals surface area contributed by atoms with E-state index in [1.54, 1.807) is 11.7 Å². The van der Waals surface area contributed by atoms with E-state index in [1.807, 2.05) is 91.0 Å². The van der Waals surface area contributed by atoms with Crippen LogP contribution in [0.2, 0.25) is 0 Å². The van der Waals surface area contributed by atoms with Gasteiger partial charge in [0, 0.05) is 10.9 Å². The summed E-state index contributed by atoms with van der Waals surface area (Å²) in [5, 5.41) is 21.7. The third-order valence-electron chi connectivity index (χ3n) is 5.78. The van der Waals surface area contributed by atoms with Gasteiger partial charge in [0.2, 0.25) is 5.88 Å². The molecule has 5 rings (SSSR count). The number of nitrogens with zero attached hydrogens (tertiary/aromatic N) is 3. The number of carbonyl (C=O) groups is 1. The number of carbonyl (C=O) groups excluding carboxylic acids is 1. The molecule has 0 spiro atoms. The summed E-state index contributed by atoms with van der Waals surface area (Å²) in [6, 6.07) is 28.6. The van der Waals surface area contributed by atoms with Crippen molar-refractivity contribution in [3.8, 4) is 17.4 Å². The van der Waals surface area contributed by atoms with E-state index in [0.717, 1.165) is 21.9 Å². The molecule has 0 aliphatic carbocycles. The van der Waals surface area contributed by atoms with Gasteiger partial charge in [-0.25, -0.2) is 0 Å². The third-order valence-corrected chi connectivity index (χ3v) is 5.78. The first-order valence-corrected chi connectivity index (χ1v) is 11.1. The third kappa shape index (κ3) is 4.56.